The molecule has 1 saturated heterocycles. The molecule has 4 heteroatoms. The summed E-state index contributed by atoms with van der Waals surface area (Å²) in [6.07, 6.45) is 0.794. The van der Waals surface area contributed by atoms with Crippen LogP contribution in [0.1, 0.15) is 33.3 Å². The highest BCUT2D eigenvalue weighted by Crippen LogP contribution is 2.17. The number of hydrogen-bond donors (Lipinski definition) is 1. The lowest BCUT2D eigenvalue weighted by Gasteiger charge is -2.44. The van der Waals surface area contributed by atoms with E-state index in [9.17, 15) is 4.79 Å². The summed E-state index contributed by atoms with van der Waals surface area (Å²) in [6, 6.07) is 10.2. The molecular formula is C20H33N3O. The summed E-state index contributed by atoms with van der Waals surface area (Å²) in [5.74, 6) is 0.152. The molecule has 1 heterocycles. The van der Waals surface area contributed by atoms with Gasteiger partial charge >= 0.3 is 0 Å². The lowest BCUT2D eigenvalue weighted by atomic mass is 9.98. The second-order valence-electron chi connectivity index (χ2n) is 7.54. The molecule has 4 nitrogen and oxygen atoms in total. The van der Waals surface area contributed by atoms with Crippen molar-refractivity contribution >= 4 is 5.91 Å². The van der Waals surface area contributed by atoms with E-state index in [4.69, 9.17) is 0 Å². The van der Waals surface area contributed by atoms with Gasteiger partial charge in [0.05, 0.1) is 0 Å². The van der Waals surface area contributed by atoms with Crippen molar-refractivity contribution in [1.82, 2.24) is 15.1 Å². The van der Waals surface area contributed by atoms with Gasteiger partial charge in [-0.25, -0.2) is 0 Å². The summed E-state index contributed by atoms with van der Waals surface area (Å²) < 4.78 is 0. The molecular weight excluding hydrogens is 298 g/mol. The Morgan fingerprint density at radius 3 is 2.38 bits per heavy atom. The summed E-state index contributed by atoms with van der Waals surface area (Å²) in [5, 5.41) is 3.17. The van der Waals surface area contributed by atoms with E-state index in [-0.39, 0.29) is 17.4 Å². The second kappa shape index (κ2) is 8.63. The minimum absolute atomic E-state index is 0.000128. The van der Waals surface area contributed by atoms with Crippen molar-refractivity contribution in [2.45, 2.75) is 39.7 Å². The van der Waals surface area contributed by atoms with E-state index in [0.29, 0.717) is 6.54 Å². The number of benzene rings is 1. The first-order valence-electron chi connectivity index (χ1n) is 9.21. The molecule has 1 amide bonds. The van der Waals surface area contributed by atoms with Crippen molar-refractivity contribution < 1.29 is 4.79 Å². The van der Waals surface area contributed by atoms with Crippen LogP contribution in [0, 0.1) is 5.92 Å². The number of likely N-dealkylation sites (N-methyl/N-ethyl adjacent to an activating group) is 1. The monoisotopic (exact) mass is 331 g/mol. The molecule has 0 saturated carbocycles. The van der Waals surface area contributed by atoms with Crippen molar-refractivity contribution in [3.05, 3.63) is 35.9 Å². The summed E-state index contributed by atoms with van der Waals surface area (Å²) in [4.78, 5) is 17.4. The maximum Gasteiger partial charge on any atom is 0.223 e. The van der Waals surface area contributed by atoms with E-state index >= 15 is 0 Å². The lowest BCUT2D eigenvalue weighted by molar-refractivity contribution is -0.125. The minimum atomic E-state index is 0.000128. The Kier molecular flexibility index (Phi) is 6.81. The van der Waals surface area contributed by atoms with Gasteiger partial charge in [-0.15, -0.1) is 0 Å². The van der Waals surface area contributed by atoms with Crippen LogP contribution in [-0.4, -0.2) is 60.5 Å². The van der Waals surface area contributed by atoms with Gasteiger partial charge in [0.15, 0.2) is 0 Å². The standard InChI is InChI=1S/C20H33N3O/c1-5-22-11-13-23(14-12-22)20(3,4)16-21-19(24)17(2)15-18-9-7-6-8-10-18/h6-10,17H,5,11-16H2,1-4H3,(H,21,24). The molecule has 0 radical (unpaired) electrons. The molecule has 0 aromatic heterocycles. The average molecular weight is 332 g/mol. The van der Waals surface area contributed by atoms with E-state index in [2.05, 4.69) is 48.0 Å². The molecule has 134 valence electrons. The SMILES string of the molecule is CCN1CCN(C(C)(C)CNC(=O)C(C)Cc2ccccc2)CC1. The Hall–Kier alpha value is -1.39. The first-order chi connectivity index (χ1) is 11.4. The molecule has 1 unspecified atom stereocenters. The Bertz CT molecular complexity index is 507. The van der Waals surface area contributed by atoms with E-state index in [1.165, 1.54) is 5.56 Å². The van der Waals surface area contributed by atoms with Crippen molar-refractivity contribution in [3.8, 4) is 0 Å². The molecule has 1 fully saturated rings. The maximum atomic E-state index is 12.4. The van der Waals surface area contributed by atoms with Gasteiger partial charge in [-0.2, -0.15) is 0 Å². The van der Waals surface area contributed by atoms with Gasteiger partial charge in [0.25, 0.3) is 0 Å². The summed E-state index contributed by atoms with van der Waals surface area (Å²) in [6.45, 7) is 14.9. The van der Waals surface area contributed by atoms with E-state index in [1.54, 1.807) is 0 Å². The summed E-state index contributed by atoms with van der Waals surface area (Å²) >= 11 is 0. The fraction of sp³-hybridized carbons (Fsp3) is 0.650. The van der Waals surface area contributed by atoms with Crippen molar-refractivity contribution in [3.63, 3.8) is 0 Å². The zero-order valence-corrected chi connectivity index (χ0v) is 15.7. The van der Waals surface area contributed by atoms with Crippen LogP contribution >= 0.6 is 0 Å². The predicted octanol–water partition coefficient (Wildman–Crippen LogP) is 2.40. The Morgan fingerprint density at radius 2 is 1.79 bits per heavy atom. The van der Waals surface area contributed by atoms with Crippen LogP contribution in [0.2, 0.25) is 0 Å². The van der Waals surface area contributed by atoms with Gasteiger partial charge in [0.2, 0.25) is 5.91 Å². The third kappa shape index (κ3) is 5.32. The number of piperazine rings is 1. The van der Waals surface area contributed by atoms with Crippen molar-refractivity contribution in [2.75, 3.05) is 39.3 Å². The van der Waals surface area contributed by atoms with Crippen molar-refractivity contribution in [2.24, 2.45) is 5.92 Å². The predicted molar refractivity (Wildman–Crippen MR) is 100 cm³/mol. The zero-order valence-electron chi connectivity index (χ0n) is 15.7. The van der Waals surface area contributed by atoms with Crippen LogP contribution in [0.25, 0.3) is 0 Å². The Balaban J connectivity index is 1.79. The molecule has 1 N–H and O–H groups in total. The van der Waals surface area contributed by atoms with E-state index in [0.717, 1.165) is 39.1 Å². The number of amides is 1. The van der Waals surface area contributed by atoms with Gasteiger partial charge in [-0.1, -0.05) is 44.2 Å². The average Bonchev–Trinajstić information content (AvgIpc) is 2.60. The number of carbonyl (C=O) groups excluding carboxylic acids is 1. The third-order valence-corrected chi connectivity index (χ3v) is 5.20. The quantitative estimate of drug-likeness (QED) is 0.833. The molecule has 1 aromatic rings. The smallest absolute Gasteiger partial charge is 0.223 e. The van der Waals surface area contributed by atoms with E-state index < -0.39 is 0 Å². The van der Waals surface area contributed by atoms with Crippen molar-refractivity contribution in [1.29, 1.82) is 0 Å². The molecule has 1 aromatic carbocycles. The first-order valence-corrected chi connectivity index (χ1v) is 9.21. The number of nitrogens with one attached hydrogen (secondary N) is 1. The zero-order chi connectivity index (χ0) is 17.6. The van der Waals surface area contributed by atoms with Crippen LogP contribution in [0.5, 0.6) is 0 Å². The molecule has 1 atom stereocenters. The molecule has 0 aliphatic carbocycles. The van der Waals surface area contributed by atoms with Crippen LogP contribution in [0.3, 0.4) is 0 Å². The van der Waals surface area contributed by atoms with Crippen LogP contribution in [-0.2, 0) is 11.2 Å². The second-order valence-corrected chi connectivity index (χ2v) is 7.54. The van der Waals surface area contributed by atoms with Gasteiger partial charge in [0.1, 0.15) is 0 Å². The fourth-order valence-electron chi connectivity index (χ4n) is 3.32. The van der Waals surface area contributed by atoms with Crippen LogP contribution in [0.4, 0.5) is 0 Å². The van der Waals surface area contributed by atoms with Crippen LogP contribution < -0.4 is 5.32 Å². The number of nitrogens with zero attached hydrogens (tertiary/aromatic N) is 2. The van der Waals surface area contributed by atoms with E-state index in [1.807, 2.05) is 25.1 Å². The van der Waals surface area contributed by atoms with Gasteiger partial charge < -0.3 is 10.2 Å². The summed E-state index contributed by atoms with van der Waals surface area (Å²) in [5.41, 5.74) is 1.22. The van der Waals surface area contributed by atoms with Gasteiger partial charge in [-0.3, -0.25) is 9.69 Å². The highest BCUT2D eigenvalue weighted by molar-refractivity contribution is 5.78. The minimum Gasteiger partial charge on any atom is -0.354 e. The third-order valence-electron chi connectivity index (χ3n) is 5.20. The number of rotatable bonds is 7. The topological polar surface area (TPSA) is 35.6 Å². The molecule has 24 heavy (non-hydrogen) atoms. The lowest BCUT2D eigenvalue weighted by Crippen LogP contribution is -2.58. The molecule has 2 rings (SSSR count). The van der Waals surface area contributed by atoms with Crippen LogP contribution in [0.15, 0.2) is 30.3 Å². The molecule has 0 spiro atoms. The molecule has 1 aliphatic heterocycles. The maximum absolute atomic E-state index is 12.4. The summed E-state index contributed by atoms with van der Waals surface area (Å²) in [7, 11) is 0. The number of hydrogen-bond acceptors (Lipinski definition) is 3. The molecule has 0 bridgehead atoms. The highest BCUT2D eigenvalue weighted by atomic mass is 16.1. The molecule has 1 aliphatic rings. The normalized spacial score (nSPS) is 18.3. The fourth-order valence-corrected chi connectivity index (χ4v) is 3.32. The van der Waals surface area contributed by atoms with Gasteiger partial charge in [-0.05, 0) is 32.4 Å². The Morgan fingerprint density at radius 1 is 1.17 bits per heavy atom. The number of carbonyl (C=O) groups is 1. The highest BCUT2D eigenvalue weighted by Gasteiger charge is 2.30. The Labute approximate surface area is 147 Å². The first kappa shape index (κ1) is 18.9. The largest absolute Gasteiger partial charge is 0.354 e. The van der Waals surface area contributed by atoms with Gasteiger partial charge in [0, 0.05) is 44.2 Å².